The molecule has 1 unspecified atom stereocenters. The van der Waals surface area contributed by atoms with Gasteiger partial charge in [-0.15, -0.1) is 11.3 Å². The van der Waals surface area contributed by atoms with Gasteiger partial charge in [0.15, 0.2) is 0 Å². The molecule has 1 aromatic rings. The summed E-state index contributed by atoms with van der Waals surface area (Å²) in [7, 11) is 0. The summed E-state index contributed by atoms with van der Waals surface area (Å²) in [5, 5.41) is 10.5. The van der Waals surface area contributed by atoms with Gasteiger partial charge in [-0.1, -0.05) is 0 Å². The van der Waals surface area contributed by atoms with Crippen molar-refractivity contribution in [2.75, 3.05) is 6.54 Å². The maximum absolute atomic E-state index is 11.9. The van der Waals surface area contributed by atoms with Gasteiger partial charge in [0, 0.05) is 30.5 Å². The molecule has 114 valence electrons. The number of imide groups is 1. The fourth-order valence-corrected chi connectivity index (χ4v) is 2.84. The minimum Gasteiger partial charge on any atom is -0.354 e. The third kappa shape index (κ3) is 4.82. The number of amides is 4. The van der Waals surface area contributed by atoms with E-state index in [4.69, 9.17) is 0 Å². The molecule has 1 aliphatic rings. The largest absolute Gasteiger partial charge is 0.354 e. The summed E-state index contributed by atoms with van der Waals surface area (Å²) in [5.74, 6) is -0.614. The van der Waals surface area contributed by atoms with Gasteiger partial charge in [0.25, 0.3) is 0 Å². The van der Waals surface area contributed by atoms with Crippen molar-refractivity contribution >= 4 is 29.2 Å². The Bertz CT molecular complexity index is 543. The predicted octanol–water partition coefficient (Wildman–Crippen LogP) is 0.489. The summed E-state index contributed by atoms with van der Waals surface area (Å²) in [6, 6.07) is -1.27. The van der Waals surface area contributed by atoms with Crippen molar-refractivity contribution in [2.45, 2.75) is 38.6 Å². The van der Waals surface area contributed by atoms with Crippen molar-refractivity contribution in [3.63, 3.8) is 0 Å². The summed E-state index contributed by atoms with van der Waals surface area (Å²) >= 11 is 1.61. The Morgan fingerprint density at radius 1 is 1.52 bits per heavy atom. The molecule has 3 N–H and O–H groups in total. The zero-order valence-corrected chi connectivity index (χ0v) is 12.6. The monoisotopic (exact) mass is 310 g/mol. The summed E-state index contributed by atoms with van der Waals surface area (Å²) < 4.78 is 0. The van der Waals surface area contributed by atoms with Crippen LogP contribution in [0, 0.1) is 6.92 Å². The second-order valence-electron chi connectivity index (χ2n) is 4.89. The summed E-state index contributed by atoms with van der Waals surface area (Å²) in [5.41, 5.74) is 1.01. The van der Waals surface area contributed by atoms with Gasteiger partial charge >= 0.3 is 6.03 Å². The number of carbonyl (C=O) groups is 3. The second kappa shape index (κ2) is 7.16. The average molecular weight is 310 g/mol. The number of hydrogen-bond donors (Lipinski definition) is 3. The molecule has 1 aromatic heterocycles. The van der Waals surface area contributed by atoms with Crippen LogP contribution in [-0.2, 0) is 16.0 Å². The first-order valence-corrected chi connectivity index (χ1v) is 7.71. The normalized spacial score (nSPS) is 18.6. The van der Waals surface area contributed by atoms with E-state index in [0.29, 0.717) is 13.0 Å². The van der Waals surface area contributed by atoms with Crippen LogP contribution in [0.5, 0.6) is 0 Å². The van der Waals surface area contributed by atoms with Gasteiger partial charge in [0.1, 0.15) is 6.04 Å². The summed E-state index contributed by atoms with van der Waals surface area (Å²) in [4.78, 5) is 38.8. The van der Waals surface area contributed by atoms with Crippen LogP contribution in [0.3, 0.4) is 0 Å². The number of urea groups is 1. The van der Waals surface area contributed by atoms with E-state index in [1.165, 1.54) is 0 Å². The zero-order chi connectivity index (χ0) is 15.2. The zero-order valence-electron chi connectivity index (χ0n) is 11.8. The Kier molecular flexibility index (Phi) is 5.26. The number of nitrogens with zero attached hydrogens (tertiary/aromatic N) is 1. The highest BCUT2D eigenvalue weighted by Crippen LogP contribution is 2.10. The average Bonchev–Trinajstić information content (AvgIpc) is 2.76. The van der Waals surface area contributed by atoms with Gasteiger partial charge < -0.3 is 10.6 Å². The molecule has 0 aliphatic carbocycles. The molecule has 1 atom stereocenters. The molecule has 21 heavy (non-hydrogen) atoms. The van der Waals surface area contributed by atoms with Crippen molar-refractivity contribution in [3.05, 3.63) is 16.1 Å². The highest BCUT2D eigenvalue weighted by molar-refractivity contribution is 7.09. The Balaban J connectivity index is 1.71. The molecule has 4 amide bonds. The lowest BCUT2D eigenvalue weighted by molar-refractivity contribution is -0.123. The SMILES string of the molecule is Cc1csc(CCCNC(=O)C2CCC(=O)NC(=O)N2)n1. The first kappa shape index (κ1) is 15.4. The molecule has 0 spiro atoms. The van der Waals surface area contributed by atoms with Gasteiger partial charge in [-0.25, -0.2) is 9.78 Å². The van der Waals surface area contributed by atoms with Crippen LogP contribution in [0.25, 0.3) is 0 Å². The molecular formula is C13H18N4O3S. The van der Waals surface area contributed by atoms with Crippen LogP contribution < -0.4 is 16.0 Å². The van der Waals surface area contributed by atoms with E-state index in [9.17, 15) is 14.4 Å². The van der Waals surface area contributed by atoms with Crippen molar-refractivity contribution in [1.29, 1.82) is 0 Å². The third-order valence-corrected chi connectivity index (χ3v) is 4.09. The minimum absolute atomic E-state index is 0.162. The molecule has 0 bridgehead atoms. The molecule has 2 heterocycles. The number of nitrogens with one attached hydrogen (secondary N) is 3. The number of thiazole rings is 1. The lowest BCUT2D eigenvalue weighted by Gasteiger charge is -2.14. The Morgan fingerprint density at radius 3 is 3.05 bits per heavy atom. The molecular weight excluding hydrogens is 292 g/mol. The van der Waals surface area contributed by atoms with Crippen LogP contribution in [-0.4, -0.2) is 35.4 Å². The Hall–Kier alpha value is -1.96. The smallest absolute Gasteiger partial charge is 0.322 e. The maximum Gasteiger partial charge on any atom is 0.322 e. The van der Waals surface area contributed by atoms with Crippen molar-refractivity contribution in [1.82, 2.24) is 20.9 Å². The molecule has 0 aromatic carbocycles. The molecule has 2 rings (SSSR count). The lowest BCUT2D eigenvalue weighted by atomic mass is 10.1. The fourth-order valence-electron chi connectivity index (χ4n) is 2.02. The van der Waals surface area contributed by atoms with E-state index >= 15 is 0 Å². The van der Waals surface area contributed by atoms with Crippen LogP contribution in [0.1, 0.15) is 30.0 Å². The Labute approximate surface area is 126 Å². The lowest BCUT2D eigenvalue weighted by Crippen LogP contribution is -2.48. The maximum atomic E-state index is 11.9. The van der Waals surface area contributed by atoms with E-state index in [-0.39, 0.29) is 18.2 Å². The van der Waals surface area contributed by atoms with Crippen molar-refractivity contribution < 1.29 is 14.4 Å². The fraction of sp³-hybridized carbons (Fsp3) is 0.538. The van der Waals surface area contributed by atoms with E-state index in [0.717, 1.165) is 23.5 Å². The van der Waals surface area contributed by atoms with Crippen molar-refractivity contribution in [2.24, 2.45) is 0 Å². The molecule has 8 heteroatoms. The van der Waals surface area contributed by atoms with Crippen LogP contribution in [0.2, 0.25) is 0 Å². The summed E-state index contributed by atoms with van der Waals surface area (Å²) in [6.07, 6.45) is 2.08. The van der Waals surface area contributed by atoms with E-state index < -0.39 is 12.1 Å². The first-order valence-electron chi connectivity index (χ1n) is 6.83. The molecule has 1 saturated heterocycles. The molecule has 1 aliphatic heterocycles. The van der Waals surface area contributed by atoms with Crippen LogP contribution >= 0.6 is 11.3 Å². The van der Waals surface area contributed by atoms with Gasteiger partial charge in [0.2, 0.25) is 11.8 Å². The number of aromatic nitrogens is 1. The number of rotatable bonds is 5. The molecule has 0 radical (unpaired) electrons. The van der Waals surface area contributed by atoms with Crippen LogP contribution in [0.15, 0.2) is 5.38 Å². The second-order valence-corrected chi connectivity index (χ2v) is 5.83. The molecule has 1 fully saturated rings. The van der Waals surface area contributed by atoms with E-state index in [1.807, 2.05) is 12.3 Å². The predicted molar refractivity (Wildman–Crippen MR) is 77.9 cm³/mol. The van der Waals surface area contributed by atoms with Gasteiger partial charge in [-0.05, 0) is 19.8 Å². The highest BCUT2D eigenvalue weighted by atomic mass is 32.1. The van der Waals surface area contributed by atoms with E-state index in [1.54, 1.807) is 11.3 Å². The first-order chi connectivity index (χ1) is 10.0. The van der Waals surface area contributed by atoms with E-state index in [2.05, 4.69) is 20.9 Å². The van der Waals surface area contributed by atoms with Gasteiger partial charge in [-0.2, -0.15) is 0 Å². The molecule has 0 saturated carbocycles. The molecule has 7 nitrogen and oxygen atoms in total. The van der Waals surface area contributed by atoms with Crippen LogP contribution in [0.4, 0.5) is 4.79 Å². The van der Waals surface area contributed by atoms with Crippen molar-refractivity contribution in [3.8, 4) is 0 Å². The summed E-state index contributed by atoms with van der Waals surface area (Å²) in [6.45, 7) is 2.47. The number of carbonyl (C=O) groups excluding carboxylic acids is 3. The minimum atomic E-state index is -0.654. The third-order valence-electron chi connectivity index (χ3n) is 3.07. The Morgan fingerprint density at radius 2 is 2.33 bits per heavy atom. The number of hydrogen-bond acceptors (Lipinski definition) is 5. The van der Waals surface area contributed by atoms with Gasteiger partial charge in [-0.3, -0.25) is 14.9 Å². The van der Waals surface area contributed by atoms with Gasteiger partial charge in [0.05, 0.1) is 5.01 Å². The number of aryl methyl sites for hydroxylation is 2. The highest BCUT2D eigenvalue weighted by Gasteiger charge is 2.25. The quantitative estimate of drug-likeness (QED) is 0.689. The standard InChI is InChI=1S/C13H18N4O3S/c1-8-7-21-11(15-8)3-2-6-14-12(19)9-4-5-10(18)17-13(20)16-9/h7,9H,2-6H2,1H3,(H,14,19)(H2,16,17,18,20). The topological polar surface area (TPSA) is 100 Å².